The first kappa shape index (κ1) is 4.74. The molecule has 0 aromatic carbocycles. The molecule has 0 bridgehead atoms. The standard InChI is InChI=1S/C5H8/c1-3-5-4-2/h1,3,5H,4H2,2H3/b5-3+. The first-order chi connectivity index (χ1) is 2.41. The lowest BCUT2D eigenvalue weighted by molar-refractivity contribution is 1.22. The SMILES string of the molecule is [CH]/C=C/CC. The highest BCUT2D eigenvalue weighted by Crippen LogP contribution is 1.73. The van der Waals surface area contributed by atoms with Crippen LogP contribution in [0.5, 0.6) is 0 Å². The summed E-state index contributed by atoms with van der Waals surface area (Å²) in [5.74, 6) is 0. The van der Waals surface area contributed by atoms with E-state index < -0.39 is 0 Å². The molecule has 0 aliphatic rings. The van der Waals surface area contributed by atoms with Crippen molar-refractivity contribution in [1.29, 1.82) is 0 Å². The zero-order valence-corrected chi connectivity index (χ0v) is 3.44. The Morgan fingerprint density at radius 3 is 2.40 bits per heavy atom. The summed E-state index contributed by atoms with van der Waals surface area (Å²) in [5.41, 5.74) is 0. The molecule has 0 aromatic heterocycles. The van der Waals surface area contributed by atoms with Gasteiger partial charge in [-0.15, -0.1) is 0 Å². The van der Waals surface area contributed by atoms with Gasteiger partial charge in [-0.1, -0.05) is 19.1 Å². The third-order valence-corrected chi connectivity index (χ3v) is 0.372. The molecule has 5 heavy (non-hydrogen) atoms. The Morgan fingerprint density at radius 2 is 2.40 bits per heavy atom. The summed E-state index contributed by atoms with van der Waals surface area (Å²) in [6.07, 6.45) is 4.50. The molecule has 0 aliphatic carbocycles. The van der Waals surface area contributed by atoms with Gasteiger partial charge in [0.1, 0.15) is 0 Å². The first-order valence-corrected chi connectivity index (χ1v) is 1.78. The highest BCUT2D eigenvalue weighted by atomic mass is 13.6. The lowest BCUT2D eigenvalue weighted by Crippen LogP contribution is -1.44. The van der Waals surface area contributed by atoms with E-state index in [0.29, 0.717) is 0 Å². The van der Waals surface area contributed by atoms with E-state index in [-0.39, 0.29) is 0 Å². The van der Waals surface area contributed by atoms with Gasteiger partial charge < -0.3 is 0 Å². The monoisotopic (exact) mass is 68.1 g/mol. The van der Waals surface area contributed by atoms with Crippen molar-refractivity contribution in [1.82, 2.24) is 0 Å². The average Bonchev–Trinajstić information content (AvgIpc) is 1.41. The van der Waals surface area contributed by atoms with Gasteiger partial charge in [-0.2, -0.15) is 0 Å². The van der Waals surface area contributed by atoms with E-state index in [1.165, 1.54) is 0 Å². The van der Waals surface area contributed by atoms with Crippen LogP contribution in [-0.2, 0) is 0 Å². The van der Waals surface area contributed by atoms with Crippen molar-refractivity contribution >= 4 is 0 Å². The van der Waals surface area contributed by atoms with Gasteiger partial charge in [-0.3, -0.25) is 0 Å². The van der Waals surface area contributed by atoms with E-state index in [1.54, 1.807) is 6.08 Å². The van der Waals surface area contributed by atoms with Gasteiger partial charge >= 0.3 is 0 Å². The molecule has 0 amide bonds. The fourth-order valence-corrected chi connectivity index (χ4v) is 0.136. The van der Waals surface area contributed by atoms with Crippen molar-refractivity contribution in [3.05, 3.63) is 19.1 Å². The second-order valence-corrected chi connectivity index (χ2v) is 0.836. The van der Waals surface area contributed by atoms with Crippen molar-refractivity contribution in [2.75, 3.05) is 0 Å². The lowest BCUT2D eigenvalue weighted by atomic mass is 10.4. The predicted octanol–water partition coefficient (Wildman–Crippen LogP) is 1.66. The number of rotatable bonds is 1. The van der Waals surface area contributed by atoms with Crippen LogP contribution in [0.15, 0.2) is 12.2 Å². The third-order valence-electron chi connectivity index (χ3n) is 0.372. The fourth-order valence-electron chi connectivity index (χ4n) is 0.136. The Kier molecular flexibility index (Phi) is 3.55. The number of hydrogen-bond donors (Lipinski definition) is 0. The van der Waals surface area contributed by atoms with Crippen LogP contribution in [0.3, 0.4) is 0 Å². The van der Waals surface area contributed by atoms with Crippen LogP contribution in [0.25, 0.3) is 0 Å². The van der Waals surface area contributed by atoms with Crippen LogP contribution in [0.2, 0.25) is 0 Å². The molecule has 0 heterocycles. The minimum absolute atomic E-state index is 1.04. The van der Waals surface area contributed by atoms with E-state index >= 15 is 0 Å². The Hall–Kier alpha value is -0.260. The number of hydrogen-bond acceptors (Lipinski definition) is 0. The molecule has 0 atom stereocenters. The van der Waals surface area contributed by atoms with Gasteiger partial charge in [0.05, 0.1) is 0 Å². The quantitative estimate of drug-likeness (QED) is 0.438. The third kappa shape index (κ3) is 3.74. The van der Waals surface area contributed by atoms with Crippen molar-refractivity contribution in [3.8, 4) is 0 Å². The van der Waals surface area contributed by atoms with Gasteiger partial charge in [-0.05, 0) is 13.3 Å². The van der Waals surface area contributed by atoms with Gasteiger partial charge in [0.15, 0.2) is 0 Å². The fraction of sp³-hybridized carbons (Fsp3) is 0.400. The Balaban J connectivity index is 2.62. The Bertz CT molecular complexity index is 27.0. The highest BCUT2D eigenvalue weighted by molar-refractivity contribution is 4.81. The zero-order valence-electron chi connectivity index (χ0n) is 3.44. The molecule has 0 rings (SSSR count). The molecule has 0 N–H and O–H groups in total. The van der Waals surface area contributed by atoms with Crippen LogP contribution in [0.4, 0.5) is 0 Å². The zero-order chi connectivity index (χ0) is 4.12. The molecular formula is C5H8. The maximum Gasteiger partial charge on any atom is -0.00958 e. The predicted molar refractivity (Wildman–Crippen MR) is 23.7 cm³/mol. The van der Waals surface area contributed by atoms with Crippen molar-refractivity contribution in [2.45, 2.75) is 13.3 Å². The lowest BCUT2D eigenvalue weighted by Gasteiger charge is -1.64. The van der Waals surface area contributed by atoms with Crippen molar-refractivity contribution in [2.24, 2.45) is 0 Å². The van der Waals surface area contributed by atoms with Crippen LogP contribution in [-0.4, -0.2) is 0 Å². The summed E-state index contributed by atoms with van der Waals surface area (Å²) in [5, 5.41) is 0. The first-order valence-electron chi connectivity index (χ1n) is 1.78. The molecule has 0 heteroatoms. The molecular weight excluding hydrogens is 60.1 g/mol. The van der Waals surface area contributed by atoms with Crippen LogP contribution in [0.1, 0.15) is 13.3 Å². The van der Waals surface area contributed by atoms with E-state index in [4.69, 9.17) is 6.92 Å². The summed E-state index contributed by atoms with van der Waals surface area (Å²) in [7, 11) is 0. The Morgan fingerprint density at radius 1 is 1.80 bits per heavy atom. The second-order valence-electron chi connectivity index (χ2n) is 0.836. The van der Waals surface area contributed by atoms with Crippen molar-refractivity contribution in [3.63, 3.8) is 0 Å². The molecule has 0 unspecified atom stereocenters. The molecule has 0 fully saturated rings. The summed E-state index contributed by atoms with van der Waals surface area (Å²) in [6, 6.07) is 0. The van der Waals surface area contributed by atoms with E-state index in [1.807, 2.05) is 13.0 Å². The molecule has 2 radical (unpaired) electrons. The minimum atomic E-state index is 1.04. The average molecular weight is 68.1 g/mol. The number of allylic oxidation sites excluding steroid dienone is 2. The molecule has 0 saturated heterocycles. The van der Waals surface area contributed by atoms with Crippen molar-refractivity contribution < 1.29 is 0 Å². The molecule has 0 spiro atoms. The summed E-state index contributed by atoms with van der Waals surface area (Å²) in [6.45, 7) is 7.00. The Labute approximate surface area is 33.5 Å². The maximum atomic E-state index is 4.96. The van der Waals surface area contributed by atoms with Crippen LogP contribution >= 0.6 is 0 Å². The maximum absolute atomic E-state index is 4.96. The second kappa shape index (κ2) is 3.74. The van der Waals surface area contributed by atoms with Gasteiger partial charge in [-0.25, -0.2) is 0 Å². The summed E-state index contributed by atoms with van der Waals surface area (Å²) < 4.78 is 0. The van der Waals surface area contributed by atoms with E-state index in [9.17, 15) is 0 Å². The van der Waals surface area contributed by atoms with Gasteiger partial charge in [0, 0.05) is 0 Å². The van der Waals surface area contributed by atoms with Gasteiger partial charge in [0.25, 0.3) is 0 Å². The molecule has 0 aliphatic heterocycles. The highest BCUT2D eigenvalue weighted by Gasteiger charge is 1.52. The molecule has 0 aromatic rings. The minimum Gasteiger partial charge on any atom is -0.0885 e. The smallest absolute Gasteiger partial charge is 0.00958 e. The van der Waals surface area contributed by atoms with E-state index in [0.717, 1.165) is 6.42 Å². The normalized spacial score (nSPS) is 10.0. The van der Waals surface area contributed by atoms with Gasteiger partial charge in [0.2, 0.25) is 0 Å². The summed E-state index contributed by atoms with van der Waals surface area (Å²) in [4.78, 5) is 0. The van der Waals surface area contributed by atoms with Crippen LogP contribution < -0.4 is 0 Å². The molecule has 0 nitrogen and oxygen atoms in total. The van der Waals surface area contributed by atoms with E-state index in [2.05, 4.69) is 0 Å². The topological polar surface area (TPSA) is 0 Å². The largest absolute Gasteiger partial charge is 0.0885 e. The molecule has 28 valence electrons. The summed E-state index contributed by atoms with van der Waals surface area (Å²) >= 11 is 0. The molecule has 0 saturated carbocycles. The van der Waals surface area contributed by atoms with Crippen LogP contribution in [0, 0.1) is 6.92 Å².